The highest BCUT2D eigenvalue weighted by atomic mass is 35.5. The molecule has 3 rings (SSSR count). The minimum Gasteiger partial charge on any atom is -0.376 e. The summed E-state index contributed by atoms with van der Waals surface area (Å²) in [7, 11) is 0. The summed E-state index contributed by atoms with van der Waals surface area (Å²) >= 11 is 17.9. The van der Waals surface area contributed by atoms with Crippen LogP contribution in [-0.2, 0) is 4.79 Å². The van der Waals surface area contributed by atoms with Gasteiger partial charge in [0.25, 0.3) is 0 Å². The van der Waals surface area contributed by atoms with Gasteiger partial charge in [0.15, 0.2) is 0 Å². The third kappa shape index (κ3) is 4.63. The lowest BCUT2D eigenvalue weighted by Crippen LogP contribution is -2.22. The average molecular weight is 397 g/mol. The summed E-state index contributed by atoms with van der Waals surface area (Å²) in [6.45, 7) is 0.0278. The lowest BCUT2D eigenvalue weighted by Gasteiger charge is -2.12. The topological polar surface area (TPSA) is 71.8 Å². The van der Waals surface area contributed by atoms with Gasteiger partial charge in [-0.15, -0.1) is 0 Å². The Morgan fingerprint density at radius 3 is 2.48 bits per heavy atom. The van der Waals surface area contributed by atoms with Gasteiger partial charge < -0.3 is 10.6 Å². The Balaban J connectivity index is 1.72. The molecular formula is C16H12Cl3N5O. The number of halogens is 3. The molecule has 1 heterocycles. The number of hydrogen-bond acceptors (Lipinski definition) is 4. The number of benzene rings is 2. The molecular weight excluding hydrogens is 385 g/mol. The van der Waals surface area contributed by atoms with Crippen molar-refractivity contribution in [2.45, 2.75) is 0 Å². The fourth-order valence-electron chi connectivity index (χ4n) is 2.17. The van der Waals surface area contributed by atoms with E-state index in [0.717, 1.165) is 0 Å². The van der Waals surface area contributed by atoms with Crippen molar-refractivity contribution in [3.05, 3.63) is 64.1 Å². The Hall–Kier alpha value is -2.28. The van der Waals surface area contributed by atoms with Crippen LogP contribution >= 0.6 is 34.8 Å². The first-order valence-electron chi connectivity index (χ1n) is 7.15. The maximum Gasteiger partial charge on any atom is 0.243 e. The molecule has 0 saturated carbocycles. The molecule has 25 heavy (non-hydrogen) atoms. The fourth-order valence-corrected chi connectivity index (χ4v) is 2.87. The zero-order valence-electron chi connectivity index (χ0n) is 12.7. The van der Waals surface area contributed by atoms with Gasteiger partial charge in [0.05, 0.1) is 17.9 Å². The van der Waals surface area contributed by atoms with Gasteiger partial charge >= 0.3 is 0 Å². The summed E-state index contributed by atoms with van der Waals surface area (Å²) in [5, 5.41) is 11.3. The van der Waals surface area contributed by atoms with E-state index >= 15 is 0 Å². The molecule has 0 bridgehead atoms. The highest BCUT2D eigenvalue weighted by molar-refractivity contribution is 6.35. The molecule has 0 atom stereocenters. The molecule has 128 valence electrons. The Labute approximate surface area is 158 Å². The van der Waals surface area contributed by atoms with Crippen LogP contribution in [0.5, 0.6) is 0 Å². The summed E-state index contributed by atoms with van der Waals surface area (Å²) in [6, 6.07) is 10.1. The molecule has 1 aromatic heterocycles. The number of nitrogens with one attached hydrogen (secondary N) is 2. The molecule has 0 aliphatic rings. The van der Waals surface area contributed by atoms with Crippen molar-refractivity contribution in [2.75, 3.05) is 17.2 Å². The second-order valence-corrected chi connectivity index (χ2v) is 6.37. The van der Waals surface area contributed by atoms with E-state index in [2.05, 4.69) is 20.7 Å². The molecule has 0 spiro atoms. The molecule has 0 saturated heterocycles. The van der Waals surface area contributed by atoms with Crippen LogP contribution in [0.15, 0.2) is 49.1 Å². The monoisotopic (exact) mass is 395 g/mol. The maximum absolute atomic E-state index is 12.3. The number of carbonyl (C=O) groups is 1. The molecule has 3 aromatic rings. The quantitative estimate of drug-likeness (QED) is 0.675. The average Bonchev–Trinajstić information content (AvgIpc) is 3.06. The summed E-state index contributed by atoms with van der Waals surface area (Å²) in [4.78, 5) is 16.2. The van der Waals surface area contributed by atoms with E-state index in [1.165, 1.54) is 17.3 Å². The predicted octanol–water partition coefficient (Wildman–Crippen LogP) is 4.28. The molecule has 1 amide bonds. The van der Waals surface area contributed by atoms with Crippen molar-refractivity contribution >= 4 is 52.1 Å². The number of anilines is 2. The van der Waals surface area contributed by atoms with Crippen LogP contribution in [-0.4, -0.2) is 27.2 Å². The number of aromatic nitrogens is 3. The number of hydrogen-bond donors (Lipinski definition) is 2. The fraction of sp³-hybridized carbons (Fsp3) is 0.0625. The summed E-state index contributed by atoms with van der Waals surface area (Å²) < 4.78 is 1.54. The van der Waals surface area contributed by atoms with Gasteiger partial charge in [-0.1, -0.05) is 34.8 Å². The van der Waals surface area contributed by atoms with Crippen molar-refractivity contribution in [1.29, 1.82) is 0 Å². The molecule has 0 unspecified atom stereocenters. The number of amides is 1. The van der Waals surface area contributed by atoms with E-state index in [9.17, 15) is 4.79 Å². The normalized spacial score (nSPS) is 10.5. The number of nitrogens with zero attached hydrogens (tertiary/aromatic N) is 3. The van der Waals surface area contributed by atoms with E-state index in [1.807, 2.05) is 0 Å². The van der Waals surface area contributed by atoms with E-state index in [-0.39, 0.29) is 12.5 Å². The molecule has 9 heteroatoms. The van der Waals surface area contributed by atoms with Crippen LogP contribution in [0, 0.1) is 0 Å². The predicted molar refractivity (Wildman–Crippen MR) is 100.0 cm³/mol. The highest BCUT2D eigenvalue weighted by Crippen LogP contribution is 2.24. The highest BCUT2D eigenvalue weighted by Gasteiger charge is 2.10. The van der Waals surface area contributed by atoms with Gasteiger partial charge in [-0.3, -0.25) is 4.79 Å². The van der Waals surface area contributed by atoms with Crippen LogP contribution < -0.4 is 10.6 Å². The Morgan fingerprint density at radius 1 is 1.04 bits per heavy atom. The first kappa shape index (κ1) is 17.5. The molecule has 2 aromatic carbocycles. The smallest absolute Gasteiger partial charge is 0.243 e. The third-order valence-electron chi connectivity index (χ3n) is 3.21. The lowest BCUT2D eigenvalue weighted by atomic mass is 10.2. The summed E-state index contributed by atoms with van der Waals surface area (Å²) in [6.07, 6.45) is 2.94. The van der Waals surface area contributed by atoms with Gasteiger partial charge in [-0.25, -0.2) is 9.67 Å². The minimum absolute atomic E-state index is 0.0278. The SMILES string of the molecule is O=C(CNc1cc(Cl)cc(Cl)c1)Nc1cc(Cl)ccc1-n1cncn1. The van der Waals surface area contributed by atoms with Gasteiger partial charge in [-0.2, -0.15) is 5.10 Å². The van der Waals surface area contributed by atoms with Crippen LogP contribution in [0.3, 0.4) is 0 Å². The van der Waals surface area contributed by atoms with E-state index < -0.39 is 0 Å². The van der Waals surface area contributed by atoms with E-state index in [0.29, 0.717) is 32.1 Å². The van der Waals surface area contributed by atoms with Crippen LogP contribution in [0.2, 0.25) is 15.1 Å². The van der Waals surface area contributed by atoms with Gasteiger partial charge in [0, 0.05) is 20.8 Å². The molecule has 0 aliphatic carbocycles. The van der Waals surface area contributed by atoms with Crippen molar-refractivity contribution in [3.63, 3.8) is 0 Å². The zero-order chi connectivity index (χ0) is 17.8. The van der Waals surface area contributed by atoms with Crippen LogP contribution in [0.1, 0.15) is 0 Å². The standard InChI is InChI=1S/C16H12Cl3N5O/c17-10-1-2-15(24-9-20-8-22-24)14(6-10)23-16(25)7-21-13-4-11(18)3-12(19)5-13/h1-6,8-9,21H,7H2,(H,23,25). The van der Waals surface area contributed by atoms with Gasteiger partial charge in [-0.05, 0) is 36.4 Å². The number of rotatable bonds is 5. The van der Waals surface area contributed by atoms with Crippen molar-refractivity contribution in [2.24, 2.45) is 0 Å². The second-order valence-electron chi connectivity index (χ2n) is 5.06. The van der Waals surface area contributed by atoms with Gasteiger partial charge in [0.2, 0.25) is 5.91 Å². The molecule has 0 fully saturated rings. The molecule has 6 nitrogen and oxygen atoms in total. The summed E-state index contributed by atoms with van der Waals surface area (Å²) in [5.74, 6) is -0.264. The molecule has 0 aliphatic heterocycles. The molecule has 2 N–H and O–H groups in total. The Morgan fingerprint density at radius 2 is 1.80 bits per heavy atom. The third-order valence-corrected chi connectivity index (χ3v) is 3.89. The van der Waals surface area contributed by atoms with Crippen molar-refractivity contribution in [1.82, 2.24) is 14.8 Å². The first-order chi connectivity index (χ1) is 12.0. The van der Waals surface area contributed by atoms with Crippen molar-refractivity contribution < 1.29 is 4.79 Å². The summed E-state index contributed by atoms with van der Waals surface area (Å²) in [5.41, 5.74) is 1.82. The maximum atomic E-state index is 12.3. The second kappa shape index (κ2) is 7.74. The van der Waals surface area contributed by atoms with Crippen LogP contribution in [0.25, 0.3) is 5.69 Å². The largest absolute Gasteiger partial charge is 0.376 e. The Kier molecular flexibility index (Phi) is 5.43. The van der Waals surface area contributed by atoms with E-state index in [1.54, 1.807) is 36.4 Å². The van der Waals surface area contributed by atoms with Crippen LogP contribution in [0.4, 0.5) is 11.4 Å². The molecule has 0 radical (unpaired) electrons. The van der Waals surface area contributed by atoms with E-state index in [4.69, 9.17) is 34.8 Å². The first-order valence-corrected chi connectivity index (χ1v) is 8.29. The zero-order valence-corrected chi connectivity index (χ0v) is 15.0. The Bertz CT molecular complexity index is 879. The van der Waals surface area contributed by atoms with Gasteiger partial charge in [0.1, 0.15) is 12.7 Å². The lowest BCUT2D eigenvalue weighted by molar-refractivity contribution is -0.114. The number of carbonyl (C=O) groups excluding carboxylic acids is 1. The van der Waals surface area contributed by atoms with Crippen molar-refractivity contribution in [3.8, 4) is 5.69 Å². The minimum atomic E-state index is -0.264.